The number of ether oxygens (including phenoxy) is 1. The third-order valence-corrected chi connectivity index (χ3v) is 5.25. The molecular weight excluding hydrogens is 347 g/mol. The standard InChI is InChI=1S/C20H17FN4O2/c1-24-17-10-22-16-4-2-12(13-3-5-18(21)23-9-13)8-15(16)19(17)25(20(24)26)14-6-7-27-11-14/h2-5,8-10,14H,6-7,11H2,1H3. The quantitative estimate of drug-likeness (QED) is 0.513. The number of hydrogen-bond donors (Lipinski definition) is 0. The lowest BCUT2D eigenvalue weighted by atomic mass is 10.0. The van der Waals surface area contributed by atoms with Gasteiger partial charge in [0.1, 0.15) is 0 Å². The van der Waals surface area contributed by atoms with Crippen molar-refractivity contribution in [3.8, 4) is 11.1 Å². The average Bonchev–Trinajstić information content (AvgIpc) is 3.29. The zero-order valence-corrected chi connectivity index (χ0v) is 14.7. The Morgan fingerprint density at radius 1 is 1.15 bits per heavy atom. The van der Waals surface area contributed by atoms with Crippen molar-refractivity contribution < 1.29 is 9.13 Å². The minimum Gasteiger partial charge on any atom is -0.379 e. The average molecular weight is 364 g/mol. The highest BCUT2D eigenvalue weighted by molar-refractivity contribution is 6.04. The molecule has 1 unspecified atom stereocenters. The molecule has 0 aliphatic carbocycles. The fraction of sp³-hybridized carbons (Fsp3) is 0.250. The number of imidazole rings is 1. The second-order valence-electron chi connectivity index (χ2n) is 6.82. The highest BCUT2D eigenvalue weighted by Gasteiger charge is 2.24. The van der Waals surface area contributed by atoms with Crippen LogP contribution in [0.5, 0.6) is 0 Å². The Kier molecular flexibility index (Phi) is 3.58. The van der Waals surface area contributed by atoms with Crippen LogP contribution in [0, 0.1) is 5.95 Å². The monoisotopic (exact) mass is 364 g/mol. The molecule has 0 bridgehead atoms. The van der Waals surface area contributed by atoms with Gasteiger partial charge in [0.05, 0.1) is 35.4 Å². The molecule has 1 fully saturated rings. The maximum absolute atomic E-state index is 13.2. The summed E-state index contributed by atoms with van der Waals surface area (Å²) in [5, 5.41) is 0.888. The summed E-state index contributed by atoms with van der Waals surface area (Å²) < 4.78 is 22.1. The molecule has 1 aromatic carbocycles. The minimum absolute atomic E-state index is 0.0166. The Bertz CT molecular complexity index is 1220. The van der Waals surface area contributed by atoms with Gasteiger partial charge in [-0.2, -0.15) is 4.39 Å². The third-order valence-electron chi connectivity index (χ3n) is 5.25. The van der Waals surface area contributed by atoms with E-state index >= 15 is 0 Å². The van der Waals surface area contributed by atoms with Crippen LogP contribution in [0.25, 0.3) is 33.1 Å². The van der Waals surface area contributed by atoms with Crippen LogP contribution in [-0.2, 0) is 11.8 Å². The first-order valence-corrected chi connectivity index (χ1v) is 8.83. The van der Waals surface area contributed by atoms with E-state index in [1.165, 1.54) is 12.3 Å². The smallest absolute Gasteiger partial charge is 0.329 e. The molecule has 27 heavy (non-hydrogen) atoms. The van der Waals surface area contributed by atoms with Gasteiger partial charge in [-0.05, 0) is 36.2 Å². The fourth-order valence-electron chi connectivity index (χ4n) is 3.82. The summed E-state index contributed by atoms with van der Waals surface area (Å²) in [7, 11) is 1.76. The lowest BCUT2D eigenvalue weighted by molar-refractivity contribution is 0.186. The van der Waals surface area contributed by atoms with Crippen LogP contribution in [0.15, 0.2) is 47.5 Å². The summed E-state index contributed by atoms with van der Waals surface area (Å²) in [4.78, 5) is 21.2. The van der Waals surface area contributed by atoms with Crippen molar-refractivity contribution >= 4 is 21.9 Å². The number of aryl methyl sites for hydroxylation is 1. The van der Waals surface area contributed by atoms with Crippen molar-refractivity contribution in [3.63, 3.8) is 0 Å². The Morgan fingerprint density at radius 3 is 2.74 bits per heavy atom. The molecule has 0 radical (unpaired) electrons. The maximum atomic E-state index is 13.2. The number of benzene rings is 1. The van der Waals surface area contributed by atoms with Crippen LogP contribution in [0.4, 0.5) is 4.39 Å². The molecule has 4 aromatic rings. The molecule has 5 rings (SSSR count). The molecule has 136 valence electrons. The second-order valence-corrected chi connectivity index (χ2v) is 6.82. The van der Waals surface area contributed by atoms with Crippen LogP contribution in [0.1, 0.15) is 12.5 Å². The van der Waals surface area contributed by atoms with Crippen LogP contribution in [0.2, 0.25) is 0 Å². The predicted octanol–water partition coefficient (Wildman–Crippen LogP) is 3.05. The number of hydrogen-bond acceptors (Lipinski definition) is 4. The van der Waals surface area contributed by atoms with Gasteiger partial charge in [0.2, 0.25) is 5.95 Å². The molecule has 0 amide bonds. The zero-order valence-electron chi connectivity index (χ0n) is 14.7. The summed E-state index contributed by atoms with van der Waals surface area (Å²) in [5.41, 5.74) is 4.09. The molecule has 1 saturated heterocycles. The summed E-state index contributed by atoms with van der Waals surface area (Å²) >= 11 is 0. The van der Waals surface area contributed by atoms with Crippen molar-refractivity contribution in [2.45, 2.75) is 12.5 Å². The van der Waals surface area contributed by atoms with Gasteiger partial charge in [-0.15, -0.1) is 0 Å². The zero-order chi connectivity index (χ0) is 18.5. The van der Waals surface area contributed by atoms with Crippen molar-refractivity contribution in [2.75, 3.05) is 13.2 Å². The SMILES string of the molecule is Cn1c(=O)n(C2CCOC2)c2c3cc(-c4ccc(F)nc4)ccc3ncc21. The number of nitrogens with zero attached hydrogens (tertiary/aromatic N) is 4. The molecule has 7 heteroatoms. The summed E-state index contributed by atoms with van der Waals surface area (Å²) in [6.45, 7) is 1.19. The summed E-state index contributed by atoms with van der Waals surface area (Å²) in [6, 6.07) is 8.89. The Balaban J connectivity index is 1.82. The third kappa shape index (κ3) is 2.46. The number of halogens is 1. The van der Waals surface area contributed by atoms with Gasteiger partial charge in [0.15, 0.2) is 0 Å². The van der Waals surface area contributed by atoms with E-state index in [9.17, 15) is 9.18 Å². The van der Waals surface area contributed by atoms with E-state index in [2.05, 4.69) is 9.97 Å². The molecule has 1 atom stereocenters. The first-order valence-electron chi connectivity index (χ1n) is 8.83. The van der Waals surface area contributed by atoms with E-state index < -0.39 is 5.95 Å². The summed E-state index contributed by atoms with van der Waals surface area (Å²) in [5.74, 6) is -0.512. The number of pyridine rings is 2. The Labute approximate surface area is 153 Å². The predicted molar refractivity (Wildman–Crippen MR) is 100 cm³/mol. The maximum Gasteiger partial charge on any atom is 0.329 e. The Hall–Kier alpha value is -3.06. The van der Waals surface area contributed by atoms with E-state index in [1.807, 2.05) is 22.8 Å². The normalized spacial score (nSPS) is 17.2. The van der Waals surface area contributed by atoms with Gasteiger partial charge < -0.3 is 4.74 Å². The molecule has 0 spiro atoms. The molecule has 0 N–H and O–H groups in total. The van der Waals surface area contributed by atoms with Crippen LogP contribution >= 0.6 is 0 Å². The molecular formula is C20H17FN4O2. The van der Waals surface area contributed by atoms with Crippen LogP contribution in [0.3, 0.4) is 0 Å². The topological polar surface area (TPSA) is 61.9 Å². The highest BCUT2D eigenvalue weighted by Crippen LogP contribution is 2.31. The highest BCUT2D eigenvalue weighted by atomic mass is 19.1. The largest absolute Gasteiger partial charge is 0.379 e. The van der Waals surface area contributed by atoms with E-state index in [0.717, 1.165) is 39.5 Å². The van der Waals surface area contributed by atoms with Crippen molar-refractivity contribution in [3.05, 3.63) is 59.2 Å². The lowest BCUT2D eigenvalue weighted by Gasteiger charge is -2.12. The molecule has 3 aromatic heterocycles. The van der Waals surface area contributed by atoms with Crippen molar-refractivity contribution in [1.29, 1.82) is 0 Å². The molecule has 4 heterocycles. The van der Waals surface area contributed by atoms with E-state index in [1.54, 1.807) is 23.9 Å². The van der Waals surface area contributed by atoms with Gasteiger partial charge in [-0.25, -0.2) is 9.78 Å². The molecule has 1 aliphatic rings. The van der Waals surface area contributed by atoms with Gasteiger partial charge in [-0.3, -0.25) is 14.1 Å². The lowest BCUT2D eigenvalue weighted by Crippen LogP contribution is -2.26. The van der Waals surface area contributed by atoms with Gasteiger partial charge in [0.25, 0.3) is 0 Å². The first kappa shape index (κ1) is 16.1. The van der Waals surface area contributed by atoms with Crippen molar-refractivity contribution in [1.82, 2.24) is 19.1 Å². The molecule has 6 nitrogen and oxygen atoms in total. The summed E-state index contributed by atoms with van der Waals surface area (Å²) in [6.07, 6.45) is 4.06. The van der Waals surface area contributed by atoms with Crippen LogP contribution < -0.4 is 5.69 Å². The van der Waals surface area contributed by atoms with E-state index in [4.69, 9.17) is 4.74 Å². The number of aromatic nitrogens is 4. The van der Waals surface area contributed by atoms with Gasteiger partial charge in [-0.1, -0.05) is 6.07 Å². The van der Waals surface area contributed by atoms with E-state index in [0.29, 0.717) is 13.2 Å². The second kappa shape index (κ2) is 5.99. The molecule has 0 saturated carbocycles. The van der Waals surface area contributed by atoms with Gasteiger partial charge >= 0.3 is 5.69 Å². The number of rotatable bonds is 2. The fourth-order valence-corrected chi connectivity index (χ4v) is 3.82. The van der Waals surface area contributed by atoms with E-state index in [-0.39, 0.29) is 11.7 Å². The van der Waals surface area contributed by atoms with Crippen molar-refractivity contribution in [2.24, 2.45) is 7.05 Å². The molecule has 1 aliphatic heterocycles. The first-order chi connectivity index (χ1) is 13.1. The van der Waals surface area contributed by atoms with Crippen LogP contribution in [-0.4, -0.2) is 32.3 Å². The van der Waals surface area contributed by atoms with Gasteiger partial charge in [0, 0.05) is 30.8 Å². The Morgan fingerprint density at radius 2 is 2.00 bits per heavy atom. The minimum atomic E-state index is -0.512. The number of fused-ring (bicyclic) bond motifs is 3.